The minimum atomic E-state index is 0.143. The zero-order valence-corrected chi connectivity index (χ0v) is 12.1. The molecule has 3 nitrogen and oxygen atoms in total. The topological polar surface area (TPSA) is 30.5 Å². The summed E-state index contributed by atoms with van der Waals surface area (Å²) in [5.74, 6) is 0. The molecule has 20 heavy (non-hydrogen) atoms. The van der Waals surface area contributed by atoms with E-state index in [2.05, 4.69) is 17.6 Å². The van der Waals surface area contributed by atoms with Crippen LogP contribution in [0.4, 0.5) is 0 Å². The van der Waals surface area contributed by atoms with Crippen LogP contribution in [0.3, 0.4) is 0 Å². The predicted molar refractivity (Wildman–Crippen MR) is 79.2 cm³/mol. The van der Waals surface area contributed by atoms with Crippen molar-refractivity contribution in [1.82, 2.24) is 5.48 Å². The van der Waals surface area contributed by atoms with E-state index >= 15 is 0 Å². The van der Waals surface area contributed by atoms with Gasteiger partial charge >= 0.3 is 0 Å². The van der Waals surface area contributed by atoms with Gasteiger partial charge in [0.05, 0.1) is 12.2 Å². The van der Waals surface area contributed by atoms with Crippen LogP contribution in [0.5, 0.6) is 0 Å². The SMILES string of the molecule is c1ccc(CONC2CCOC3(CCCCC3)C2)cc1. The van der Waals surface area contributed by atoms with E-state index in [9.17, 15) is 0 Å². The average molecular weight is 275 g/mol. The summed E-state index contributed by atoms with van der Waals surface area (Å²) in [5.41, 5.74) is 4.61. The molecule has 1 aliphatic heterocycles. The molecule has 3 rings (SSSR count). The molecule has 1 aromatic carbocycles. The third-order valence-corrected chi connectivity index (χ3v) is 4.59. The summed E-state index contributed by atoms with van der Waals surface area (Å²) in [6.45, 7) is 1.50. The average Bonchev–Trinajstić information content (AvgIpc) is 2.49. The Labute approximate surface area is 121 Å². The molecule has 2 fully saturated rings. The Hall–Kier alpha value is -0.900. The second kappa shape index (κ2) is 6.70. The summed E-state index contributed by atoms with van der Waals surface area (Å²) in [6, 6.07) is 10.7. The van der Waals surface area contributed by atoms with Crippen molar-refractivity contribution < 1.29 is 9.57 Å². The van der Waals surface area contributed by atoms with Crippen molar-refractivity contribution >= 4 is 0 Å². The maximum absolute atomic E-state index is 6.11. The number of benzene rings is 1. The van der Waals surface area contributed by atoms with E-state index in [1.54, 1.807) is 0 Å². The third kappa shape index (κ3) is 3.60. The van der Waals surface area contributed by atoms with Crippen LogP contribution >= 0.6 is 0 Å². The van der Waals surface area contributed by atoms with Crippen LogP contribution < -0.4 is 5.48 Å². The molecule has 1 unspecified atom stereocenters. The molecule has 1 spiro atoms. The van der Waals surface area contributed by atoms with E-state index in [-0.39, 0.29) is 5.60 Å². The molecule has 0 amide bonds. The van der Waals surface area contributed by atoms with Gasteiger partial charge in [0.25, 0.3) is 0 Å². The van der Waals surface area contributed by atoms with Crippen molar-refractivity contribution in [3.05, 3.63) is 35.9 Å². The van der Waals surface area contributed by atoms with E-state index in [0.29, 0.717) is 12.6 Å². The van der Waals surface area contributed by atoms with E-state index < -0.39 is 0 Å². The van der Waals surface area contributed by atoms with Crippen LogP contribution in [-0.2, 0) is 16.2 Å². The van der Waals surface area contributed by atoms with Crippen molar-refractivity contribution in [1.29, 1.82) is 0 Å². The molecular formula is C17H25NO2. The maximum Gasteiger partial charge on any atom is 0.0933 e. The second-order valence-corrected chi connectivity index (χ2v) is 6.17. The summed E-state index contributed by atoms with van der Waals surface area (Å²) in [5, 5.41) is 0. The zero-order valence-electron chi connectivity index (χ0n) is 12.1. The normalized spacial score (nSPS) is 25.7. The molecule has 1 atom stereocenters. The highest BCUT2D eigenvalue weighted by Crippen LogP contribution is 2.38. The first-order chi connectivity index (χ1) is 9.86. The van der Waals surface area contributed by atoms with Crippen molar-refractivity contribution in [3.63, 3.8) is 0 Å². The fourth-order valence-electron chi connectivity index (χ4n) is 3.49. The van der Waals surface area contributed by atoms with E-state index in [4.69, 9.17) is 9.57 Å². The summed E-state index contributed by atoms with van der Waals surface area (Å²) in [4.78, 5) is 5.69. The molecule has 1 saturated heterocycles. The van der Waals surface area contributed by atoms with Gasteiger partial charge in [-0.3, -0.25) is 4.84 Å². The fraction of sp³-hybridized carbons (Fsp3) is 0.647. The predicted octanol–water partition coefficient (Wildman–Crippen LogP) is 3.59. The Morgan fingerprint density at radius 1 is 1.15 bits per heavy atom. The Morgan fingerprint density at radius 2 is 1.95 bits per heavy atom. The summed E-state index contributed by atoms with van der Waals surface area (Å²) >= 11 is 0. The maximum atomic E-state index is 6.11. The Morgan fingerprint density at radius 3 is 2.75 bits per heavy atom. The van der Waals surface area contributed by atoms with Gasteiger partial charge in [-0.2, -0.15) is 5.48 Å². The number of ether oxygens (including phenoxy) is 1. The van der Waals surface area contributed by atoms with Gasteiger partial charge in [-0.05, 0) is 31.2 Å². The molecule has 1 N–H and O–H groups in total. The largest absolute Gasteiger partial charge is 0.375 e. The zero-order chi connectivity index (χ0) is 13.7. The number of hydrogen-bond donors (Lipinski definition) is 1. The van der Waals surface area contributed by atoms with Crippen molar-refractivity contribution in [2.45, 2.75) is 63.2 Å². The molecule has 0 bridgehead atoms. The van der Waals surface area contributed by atoms with Gasteiger partial charge in [-0.1, -0.05) is 49.6 Å². The Bertz CT molecular complexity index is 395. The molecular weight excluding hydrogens is 250 g/mol. The third-order valence-electron chi connectivity index (χ3n) is 4.59. The second-order valence-electron chi connectivity index (χ2n) is 6.17. The van der Waals surface area contributed by atoms with Gasteiger partial charge < -0.3 is 4.74 Å². The molecule has 110 valence electrons. The van der Waals surface area contributed by atoms with Crippen LogP contribution in [0.1, 0.15) is 50.5 Å². The van der Waals surface area contributed by atoms with Gasteiger partial charge in [0.2, 0.25) is 0 Å². The standard InChI is InChI=1S/C17H25NO2/c1-3-7-15(8-4-1)14-20-18-16-9-12-19-17(13-16)10-5-2-6-11-17/h1,3-4,7-8,16,18H,2,5-6,9-14H2. The fourth-order valence-corrected chi connectivity index (χ4v) is 3.49. The first kappa shape index (κ1) is 14.1. The monoisotopic (exact) mass is 275 g/mol. The highest BCUT2D eigenvalue weighted by molar-refractivity contribution is 5.13. The molecule has 2 aliphatic rings. The lowest BCUT2D eigenvalue weighted by molar-refractivity contribution is -0.130. The molecule has 0 aromatic heterocycles. The summed E-state index contributed by atoms with van der Waals surface area (Å²) < 4.78 is 6.11. The van der Waals surface area contributed by atoms with E-state index in [0.717, 1.165) is 19.4 Å². The number of hydrogen-bond acceptors (Lipinski definition) is 3. The molecule has 3 heteroatoms. The number of rotatable bonds is 4. The van der Waals surface area contributed by atoms with Crippen LogP contribution in [-0.4, -0.2) is 18.2 Å². The molecule has 1 heterocycles. The van der Waals surface area contributed by atoms with Gasteiger partial charge in [0, 0.05) is 12.6 Å². The summed E-state index contributed by atoms with van der Waals surface area (Å²) in [7, 11) is 0. The quantitative estimate of drug-likeness (QED) is 0.852. The minimum Gasteiger partial charge on any atom is -0.375 e. The van der Waals surface area contributed by atoms with Gasteiger partial charge in [0.1, 0.15) is 0 Å². The highest BCUT2D eigenvalue weighted by atomic mass is 16.6. The minimum absolute atomic E-state index is 0.143. The lowest BCUT2D eigenvalue weighted by atomic mass is 9.78. The smallest absolute Gasteiger partial charge is 0.0933 e. The summed E-state index contributed by atoms with van der Waals surface area (Å²) in [6.07, 6.45) is 8.61. The first-order valence-corrected chi connectivity index (χ1v) is 7.92. The van der Waals surface area contributed by atoms with Crippen molar-refractivity contribution in [2.24, 2.45) is 0 Å². The number of nitrogens with one attached hydrogen (secondary N) is 1. The molecule has 1 aromatic rings. The van der Waals surface area contributed by atoms with Crippen LogP contribution in [0, 0.1) is 0 Å². The lowest BCUT2D eigenvalue weighted by Crippen LogP contribution is -2.48. The lowest BCUT2D eigenvalue weighted by Gasteiger charge is -2.43. The highest BCUT2D eigenvalue weighted by Gasteiger charge is 2.38. The molecule has 1 saturated carbocycles. The van der Waals surface area contributed by atoms with Gasteiger partial charge in [0.15, 0.2) is 0 Å². The first-order valence-electron chi connectivity index (χ1n) is 7.92. The van der Waals surface area contributed by atoms with Gasteiger partial charge in [-0.25, -0.2) is 0 Å². The van der Waals surface area contributed by atoms with Crippen molar-refractivity contribution in [2.75, 3.05) is 6.61 Å². The van der Waals surface area contributed by atoms with Crippen LogP contribution in [0.2, 0.25) is 0 Å². The van der Waals surface area contributed by atoms with Crippen molar-refractivity contribution in [3.8, 4) is 0 Å². The molecule has 1 aliphatic carbocycles. The molecule has 0 radical (unpaired) electrons. The van der Waals surface area contributed by atoms with Gasteiger partial charge in [-0.15, -0.1) is 0 Å². The Balaban J connectivity index is 1.45. The number of hydroxylamine groups is 1. The van der Waals surface area contributed by atoms with Crippen LogP contribution in [0.15, 0.2) is 30.3 Å². The van der Waals surface area contributed by atoms with E-state index in [1.165, 1.54) is 37.7 Å². The Kier molecular flexibility index (Phi) is 4.71. The van der Waals surface area contributed by atoms with E-state index in [1.807, 2.05) is 18.2 Å². The van der Waals surface area contributed by atoms with Crippen LogP contribution in [0.25, 0.3) is 0 Å².